The van der Waals surface area contributed by atoms with Crippen molar-refractivity contribution >= 4 is 5.91 Å². The number of nitrogens with zero attached hydrogens (tertiary/aromatic N) is 1. The lowest BCUT2D eigenvalue weighted by Crippen LogP contribution is -2.55. The fraction of sp³-hybridized carbons (Fsp3) is 0.933. The minimum atomic E-state index is -0.136. The van der Waals surface area contributed by atoms with E-state index >= 15 is 0 Å². The number of carbonyl (C=O) groups excluding carboxylic acids is 1. The molecule has 0 aromatic carbocycles. The fourth-order valence-electron chi connectivity index (χ4n) is 4.29. The van der Waals surface area contributed by atoms with Gasteiger partial charge in [-0.25, -0.2) is 0 Å². The summed E-state index contributed by atoms with van der Waals surface area (Å²) in [6.45, 7) is 5.13. The van der Waals surface area contributed by atoms with Gasteiger partial charge in [-0.3, -0.25) is 4.79 Å². The van der Waals surface area contributed by atoms with Gasteiger partial charge in [0.1, 0.15) is 0 Å². The molecule has 102 valence electrons. The van der Waals surface area contributed by atoms with Crippen LogP contribution in [0.1, 0.15) is 51.9 Å². The lowest BCUT2D eigenvalue weighted by molar-refractivity contribution is -0.147. The molecule has 0 spiro atoms. The van der Waals surface area contributed by atoms with Crippen molar-refractivity contribution < 1.29 is 4.79 Å². The third kappa shape index (κ3) is 2.07. The minimum absolute atomic E-state index is 0.136. The zero-order valence-electron chi connectivity index (χ0n) is 11.6. The van der Waals surface area contributed by atoms with Crippen molar-refractivity contribution in [3.8, 4) is 0 Å². The van der Waals surface area contributed by atoms with E-state index in [1.807, 2.05) is 0 Å². The van der Waals surface area contributed by atoms with Crippen LogP contribution in [0.5, 0.6) is 0 Å². The molecule has 1 N–H and O–H groups in total. The summed E-state index contributed by atoms with van der Waals surface area (Å²) in [6.07, 6.45) is 8.70. The highest BCUT2D eigenvalue weighted by atomic mass is 16.2. The molecule has 3 unspecified atom stereocenters. The first kappa shape index (κ1) is 12.5. The molecule has 3 fully saturated rings. The number of hydrogen-bond donors (Lipinski definition) is 1. The molecule has 1 aliphatic carbocycles. The Morgan fingerprint density at radius 1 is 1.22 bits per heavy atom. The molecule has 1 saturated carbocycles. The summed E-state index contributed by atoms with van der Waals surface area (Å²) < 4.78 is 0. The molecule has 2 aliphatic heterocycles. The van der Waals surface area contributed by atoms with Crippen molar-refractivity contribution in [2.45, 2.75) is 57.9 Å². The monoisotopic (exact) mass is 250 g/mol. The van der Waals surface area contributed by atoms with Crippen LogP contribution in [0.3, 0.4) is 0 Å². The Labute approximate surface area is 110 Å². The highest BCUT2D eigenvalue weighted by Gasteiger charge is 2.44. The normalized spacial score (nSPS) is 40.6. The molecule has 0 aromatic rings. The predicted octanol–water partition coefficient (Wildman–Crippen LogP) is 2.17. The van der Waals surface area contributed by atoms with Crippen molar-refractivity contribution in [3.05, 3.63) is 0 Å². The fourth-order valence-corrected chi connectivity index (χ4v) is 4.29. The summed E-state index contributed by atoms with van der Waals surface area (Å²) in [5.74, 6) is 1.24. The third-order valence-corrected chi connectivity index (χ3v) is 5.37. The number of carbonyl (C=O) groups is 1. The van der Waals surface area contributed by atoms with Crippen molar-refractivity contribution in [1.29, 1.82) is 0 Å². The van der Waals surface area contributed by atoms with Gasteiger partial charge in [-0.2, -0.15) is 0 Å². The molecule has 1 amide bonds. The van der Waals surface area contributed by atoms with Gasteiger partial charge < -0.3 is 10.2 Å². The lowest BCUT2D eigenvalue weighted by atomic mass is 9.79. The molecule has 0 bridgehead atoms. The largest absolute Gasteiger partial charge is 0.339 e. The maximum absolute atomic E-state index is 12.9. The summed E-state index contributed by atoms with van der Waals surface area (Å²) in [5.41, 5.74) is -0.136. The van der Waals surface area contributed by atoms with Crippen LogP contribution in [-0.4, -0.2) is 36.5 Å². The number of amides is 1. The number of nitrogens with one attached hydrogen (secondary N) is 1. The van der Waals surface area contributed by atoms with Gasteiger partial charge in [0.2, 0.25) is 5.91 Å². The first-order valence-corrected chi connectivity index (χ1v) is 7.72. The van der Waals surface area contributed by atoms with E-state index in [-0.39, 0.29) is 5.41 Å². The van der Waals surface area contributed by atoms with Crippen molar-refractivity contribution in [1.82, 2.24) is 10.2 Å². The topological polar surface area (TPSA) is 32.3 Å². The van der Waals surface area contributed by atoms with Crippen LogP contribution in [-0.2, 0) is 4.79 Å². The van der Waals surface area contributed by atoms with E-state index in [4.69, 9.17) is 0 Å². The Morgan fingerprint density at radius 2 is 2.06 bits per heavy atom. The van der Waals surface area contributed by atoms with E-state index in [2.05, 4.69) is 17.1 Å². The van der Waals surface area contributed by atoms with Gasteiger partial charge in [-0.1, -0.05) is 6.42 Å². The van der Waals surface area contributed by atoms with Crippen LogP contribution in [0.4, 0.5) is 0 Å². The van der Waals surface area contributed by atoms with Crippen LogP contribution in [0.2, 0.25) is 0 Å². The zero-order valence-corrected chi connectivity index (χ0v) is 11.6. The molecule has 2 heterocycles. The summed E-state index contributed by atoms with van der Waals surface area (Å²) >= 11 is 0. The maximum Gasteiger partial charge on any atom is 0.230 e. The second kappa shape index (κ2) is 4.84. The highest BCUT2D eigenvalue weighted by molar-refractivity contribution is 5.83. The first-order chi connectivity index (χ1) is 8.71. The van der Waals surface area contributed by atoms with Crippen LogP contribution in [0.25, 0.3) is 0 Å². The second-order valence-electron chi connectivity index (χ2n) is 6.74. The first-order valence-electron chi connectivity index (χ1n) is 7.72. The molecular weight excluding hydrogens is 224 g/mol. The molecule has 3 rings (SSSR count). The number of likely N-dealkylation sites (tertiary alicyclic amines) is 1. The standard InChI is InChI=1S/C15H26N2O/c1-15(8-4-9-16-11-15)14(18)17-10-3-6-12-5-2-7-13(12)17/h12-13,16H,2-11H2,1H3. The van der Waals surface area contributed by atoms with Crippen molar-refractivity contribution in [2.75, 3.05) is 19.6 Å². The highest BCUT2D eigenvalue weighted by Crippen LogP contribution is 2.39. The molecule has 2 saturated heterocycles. The van der Waals surface area contributed by atoms with Crippen molar-refractivity contribution in [2.24, 2.45) is 11.3 Å². The molecule has 0 aromatic heterocycles. The van der Waals surface area contributed by atoms with E-state index in [9.17, 15) is 4.79 Å². The molecule has 3 nitrogen and oxygen atoms in total. The van der Waals surface area contributed by atoms with E-state index in [0.29, 0.717) is 11.9 Å². The van der Waals surface area contributed by atoms with E-state index in [1.54, 1.807) is 0 Å². The van der Waals surface area contributed by atoms with E-state index in [0.717, 1.165) is 38.4 Å². The summed E-state index contributed by atoms with van der Waals surface area (Å²) in [7, 11) is 0. The lowest BCUT2D eigenvalue weighted by Gasteiger charge is -2.44. The van der Waals surface area contributed by atoms with E-state index < -0.39 is 0 Å². The third-order valence-electron chi connectivity index (χ3n) is 5.37. The number of rotatable bonds is 1. The average Bonchev–Trinajstić information content (AvgIpc) is 2.87. The molecule has 3 aliphatic rings. The average molecular weight is 250 g/mol. The van der Waals surface area contributed by atoms with Gasteiger partial charge in [0.15, 0.2) is 0 Å². The van der Waals surface area contributed by atoms with Crippen molar-refractivity contribution in [3.63, 3.8) is 0 Å². The summed E-state index contributed by atoms with van der Waals surface area (Å²) in [6, 6.07) is 0.574. The molecular formula is C15H26N2O. The van der Waals surface area contributed by atoms with Crippen LogP contribution in [0.15, 0.2) is 0 Å². The van der Waals surface area contributed by atoms with Gasteiger partial charge in [0.05, 0.1) is 5.41 Å². The van der Waals surface area contributed by atoms with Gasteiger partial charge in [0, 0.05) is 19.1 Å². The Kier molecular flexibility index (Phi) is 3.35. The van der Waals surface area contributed by atoms with E-state index in [1.165, 1.54) is 32.1 Å². The molecule has 18 heavy (non-hydrogen) atoms. The van der Waals surface area contributed by atoms with Crippen LogP contribution >= 0.6 is 0 Å². The molecule has 3 atom stereocenters. The number of fused-ring (bicyclic) bond motifs is 1. The Balaban J connectivity index is 1.74. The SMILES string of the molecule is CC1(C(=O)N2CCCC3CCCC32)CCCNC1. The smallest absolute Gasteiger partial charge is 0.230 e. The number of hydrogen-bond acceptors (Lipinski definition) is 2. The molecule has 0 radical (unpaired) electrons. The molecule has 3 heteroatoms. The summed E-state index contributed by atoms with van der Waals surface area (Å²) in [5, 5.41) is 3.41. The number of piperidine rings is 2. The van der Waals surface area contributed by atoms with Gasteiger partial charge in [-0.05, 0) is 57.9 Å². The predicted molar refractivity (Wildman–Crippen MR) is 72.3 cm³/mol. The van der Waals surface area contributed by atoms with Gasteiger partial charge >= 0.3 is 0 Å². The Hall–Kier alpha value is -0.570. The Morgan fingerprint density at radius 3 is 2.83 bits per heavy atom. The Bertz CT molecular complexity index is 322. The van der Waals surface area contributed by atoms with Gasteiger partial charge in [-0.15, -0.1) is 0 Å². The van der Waals surface area contributed by atoms with Crippen LogP contribution < -0.4 is 5.32 Å². The van der Waals surface area contributed by atoms with Crippen LogP contribution in [0, 0.1) is 11.3 Å². The quantitative estimate of drug-likeness (QED) is 0.773. The second-order valence-corrected chi connectivity index (χ2v) is 6.74. The van der Waals surface area contributed by atoms with Gasteiger partial charge in [0.25, 0.3) is 0 Å². The minimum Gasteiger partial charge on any atom is -0.339 e. The zero-order chi connectivity index (χ0) is 12.6. The summed E-state index contributed by atoms with van der Waals surface area (Å²) in [4.78, 5) is 15.2. The maximum atomic E-state index is 12.9.